The summed E-state index contributed by atoms with van der Waals surface area (Å²) in [6, 6.07) is 17.0. The van der Waals surface area contributed by atoms with Crippen LogP contribution in [0.2, 0.25) is 0 Å². The molecule has 118 valence electrons. The second-order valence-corrected chi connectivity index (χ2v) is 6.07. The maximum absolute atomic E-state index is 5.76. The summed E-state index contributed by atoms with van der Waals surface area (Å²) in [5, 5.41) is 0. The molecule has 0 saturated heterocycles. The van der Waals surface area contributed by atoms with Crippen LogP contribution in [0.15, 0.2) is 48.5 Å². The van der Waals surface area contributed by atoms with E-state index >= 15 is 0 Å². The van der Waals surface area contributed by atoms with Gasteiger partial charge in [0.15, 0.2) is 0 Å². The first-order valence-electron chi connectivity index (χ1n) is 7.96. The molecule has 0 saturated carbocycles. The molecule has 2 rings (SSSR count). The molecule has 0 aliphatic heterocycles. The molecule has 0 heterocycles. The van der Waals surface area contributed by atoms with Gasteiger partial charge in [0.05, 0.1) is 25.4 Å². The number of rotatable bonds is 7. The zero-order valence-electron chi connectivity index (χ0n) is 14.0. The van der Waals surface area contributed by atoms with Gasteiger partial charge in [0.1, 0.15) is 0 Å². The zero-order valence-corrected chi connectivity index (χ0v) is 14.0. The minimum atomic E-state index is 0.239. The highest BCUT2D eigenvalue weighted by Gasteiger charge is 2.06. The van der Waals surface area contributed by atoms with Gasteiger partial charge in [-0.3, -0.25) is 0 Å². The summed E-state index contributed by atoms with van der Waals surface area (Å²) in [4.78, 5) is 0. The van der Waals surface area contributed by atoms with Crippen LogP contribution in [-0.4, -0.2) is 12.2 Å². The van der Waals surface area contributed by atoms with Gasteiger partial charge in [0.25, 0.3) is 0 Å². The van der Waals surface area contributed by atoms with E-state index in [1.165, 1.54) is 22.3 Å². The molecule has 0 aliphatic rings. The Labute approximate surface area is 134 Å². The molecule has 0 unspecified atom stereocenters. The van der Waals surface area contributed by atoms with E-state index in [0.29, 0.717) is 13.2 Å². The summed E-state index contributed by atoms with van der Waals surface area (Å²) >= 11 is 0. The van der Waals surface area contributed by atoms with Gasteiger partial charge in [0.2, 0.25) is 0 Å². The molecule has 2 aromatic rings. The first-order valence-corrected chi connectivity index (χ1v) is 7.96. The molecular formula is C20H26O2. The van der Waals surface area contributed by atoms with E-state index in [2.05, 4.69) is 76.2 Å². The van der Waals surface area contributed by atoms with Gasteiger partial charge < -0.3 is 9.47 Å². The second-order valence-electron chi connectivity index (χ2n) is 6.07. The molecular weight excluding hydrogens is 272 g/mol. The monoisotopic (exact) mass is 298 g/mol. The van der Waals surface area contributed by atoms with Crippen molar-refractivity contribution in [3.8, 4) is 11.1 Å². The van der Waals surface area contributed by atoms with Crippen molar-refractivity contribution in [3.63, 3.8) is 0 Å². The van der Waals surface area contributed by atoms with E-state index in [1.54, 1.807) is 0 Å². The average Bonchev–Trinajstić information content (AvgIpc) is 2.52. The fraction of sp³-hybridized carbons (Fsp3) is 0.400. The highest BCUT2D eigenvalue weighted by Crippen LogP contribution is 2.25. The van der Waals surface area contributed by atoms with Gasteiger partial charge in [-0.15, -0.1) is 0 Å². The van der Waals surface area contributed by atoms with Crippen molar-refractivity contribution in [1.82, 2.24) is 0 Å². The molecule has 0 radical (unpaired) electrons. The van der Waals surface area contributed by atoms with Crippen molar-refractivity contribution in [2.45, 2.75) is 53.1 Å². The van der Waals surface area contributed by atoms with E-state index in [-0.39, 0.29) is 12.2 Å². The topological polar surface area (TPSA) is 18.5 Å². The van der Waals surface area contributed by atoms with Crippen molar-refractivity contribution in [3.05, 3.63) is 59.7 Å². The third-order valence-corrected chi connectivity index (χ3v) is 3.44. The summed E-state index contributed by atoms with van der Waals surface area (Å²) in [5.41, 5.74) is 4.88. The van der Waals surface area contributed by atoms with Gasteiger partial charge in [-0.1, -0.05) is 48.5 Å². The van der Waals surface area contributed by atoms with E-state index in [9.17, 15) is 0 Å². The fourth-order valence-corrected chi connectivity index (χ4v) is 2.23. The molecule has 0 aromatic heterocycles. The molecule has 0 amide bonds. The van der Waals surface area contributed by atoms with Crippen LogP contribution >= 0.6 is 0 Å². The predicted octanol–water partition coefficient (Wildman–Crippen LogP) is 5.20. The number of ether oxygens (including phenoxy) is 2. The lowest BCUT2D eigenvalue weighted by atomic mass is 9.99. The second kappa shape index (κ2) is 8.11. The van der Waals surface area contributed by atoms with Crippen molar-refractivity contribution >= 4 is 0 Å². The molecule has 22 heavy (non-hydrogen) atoms. The number of hydrogen-bond donors (Lipinski definition) is 0. The molecule has 2 nitrogen and oxygen atoms in total. The minimum absolute atomic E-state index is 0.239. The van der Waals surface area contributed by atoms with E-state index in [4.69, 9.17) is 9.47 Å². The first kappa shape index (κ1) is 16.7. The SMILES string of the molecule is CC(C)OCc1ccc(-c2ccccc2COC(C)C)cc1. The molecule has 0 N–H and O–H groups in total. The van der Waals surface area contributed by atoms with Gasteiger partial charge >= 0.3 is 0 Å². The van der Waals surface area contributed by atoms with Crippen LogP contribution in [0.4, 0.5) is 0 Å². The molecule has 0 fully saturated rings. The number of benzene rings is 2. The predicted molar refractivity (Wildman–Crippen MR) is 91.7 cm³/mol. The molecule has 0 spiro atoms. The van der Waals surface area contributed by atoms with Crippen LogP contribution in [0.1, 0.15) is 38.8 Å². The maximum Gasteiger partial charge on any atom is 0.0726 e. The quantitative estimate of drug-likeness (QED) is 0.699. The van der Waals surface area contributed by atoms with Crippen molar-refractivity contribution < 1.29 is 9.47 Å². The molecule has 0 atom stereocenters. The van der Waals surface area contributed by atoms with Gasteiger partial charge in [-0.05, 0) is 49.9 Å². The Balaban J connectivity index is 2.14. The zero-order chi connectivity index (χ0) is 15.9. The average molecular weight is 298 g/mol. The molecule has 0 aliphatic carbocycles. The Morgan fingerprint density at radius 1 is 0.727 bits per heavy atom. The molecule has 2 aromatic carbocycles. The fourth-order valence-electron chi connectivity index (χ4n) is 2.23. The first-order chi connectivity index (χ1) is 10.6. The maximum atomic E-state index is 5.76. The lowest BCUT2D eigenvalue weighted by Crippen LogP contribution is -2.03. The van der Waals surface area contributed by atoms with Gasteiger partial charge in [-0.25, -0.2) is 0 Å². The molecule has 0 bridgehead atoms. The third kappa shape index (κ3) is 4.97. The summed E-state index contributed by atoms with van der Waals surface area (Å²) < 4.78 is 11.4. The summed E-state index contributed by atoms with van der Waals surface area (Å²) in [6.07, 6.45) is 0.497. The van der Waals surface area contributed by atoms with Crippen LogP contribution in [0.5, 0.6) is 0 Å². The van der Waals surface area contributed by atoms with Crippen molar-refractivity contribution in [2.24, 2.45) is 0 Å². The Morgan fingerprint density at radius 2 is 1.32 bits per heavy atom. The normalized spacial score (nSPS) is 11.4. The van der Waals surface area contributed by atoms with E-state index in [0.717, 1.165) is 0 Å². The van der Waals surface area contributed by atoms with E-state index in [1.807, 2.05) is 0 Å². The van der Waals surface area contributed by atoms with Crippen molar-refractivity contribution in [2.75, 3.05) is 0 Å². The Morgan fingerprint density at radius 3 is 1.95 bits per heavy atom. The Bertz CT molecular complexity index is 571. The lowest BCUT2D eigenvalue weighted by molar-refractivity contribution is 0.0655. The van der Waals surface area contributed by atoms with Gasteiger partial charge in [0, 0.05) is 0 Å². The van der Waals surface area contributed by atoms with Crippen LogP contribution in [0, 0.1) is 0 Å². The van der Waals surface area contributed by atoms with Crippen molar-refractivity contribution in [1.29, 1.82) is 0 Å². The smallest absolute Gasteiger partial charge is 0.0726 e. The minimum Gasteiger partial charge on any atom is -0.374 e. The van der Waals surface area contributed by atoms with Crippen LogP contribution in [0.25, 0.3) is 11.1 Å². The third-order valence-electron chi connectivity index (χ3n) is 3.44. The summed E-state index contributed by atoms with van der Waals surface area (Å²) in [6.45, 7) is 9.54. The standard InChI is InChI=1S/C20H26O2/c1-15(2)21-13-17-9-11-18(12-10-17)20-8-6-5-7-19(20)14-22-16(3)4/h5-12,15-16H,13-14H2,1-4H3. The largest absolute Gasteiger partial charge is 0.374 e. The Kier molecular flexibility index (Phi) is 6.17. The number of hydrogen-bond acceptors (Lipinski definition) is 2. The van der Waals surface area contributed by atoms with E-state index < -0.39 is 0 Å². The lowest BCUT2D eigenvalue weighted by Gasteiger charge is -2.13. The van der Waals surface area contributed by atoms with Crippen LogP contribution in [0.3, 0.4) is 0 Å². The van der Waals surface area contributed by atoms with Crippen LogP contribution in [-0.2, 0) is 22.7 Å². The summed E-state index contributed by atoms with van der Waals surface area (Å²) in [7, 11) is 0. The summed E-state index contributed by atoms with van der Waals surface area (Å²) in [5.74, 6) is 0. The Hall–Kier alpha value is -1.64. The van der Waals surface area contributed by atoms with Gasteiger partial charge in [-0.2, -0.15) is 0 Å². The molecule has 2 heteroatoms. The highest BCUT2D eigenvalue weighted by molar-refractivity contribution is 5.67. The van der Waals surface area contributed by atoms with Crippen LogP contribution < -0.4 is 0 Å². The highest BCUT2D eigenvalue weighted by atomic mass is 16.5.